The molecule has 1 fully saturated rings. The van der Waals surface area contributed by atoms with Crippen LogP contribution >= 0.6 is 0 Å². The number of carbonyl (C=O) groups excluding carboxylic acids is 1. The van der Waals surface area contributed by atoms with E-state index in [9.17, 15) is 9.18 Å². The van der Waals surface area contributed by atoms with Gasteiger partial charge in [-0.15, -0.1) is 0 Å². The Hall–Kier alpha value is -2.21. The topological polar surface area (TPSA) is 47.4 Å². The monoisotopic (exact) mass is 345 g/mol. The molecule has 0 N–H and O–H groups in total. The highest BCUT2D eigenvalue weighted by atomic mass is 19.1. The summed E-state index contributed by atoms with van der Waals surface area (Å²) in [6.45, 7) is 2.03. The van der Waals surface area contributed by atoms with Gasteiger partial charge in [0.15, 0.2) is 0 Å². The molecule has 6 heteroatoms. The van der Waals surface area contributed by atoms with Crippen LogP contribution in [0.1, 0.15) is 23.5 Å². The first-order valence-electron chi connectivity index (χ1n) is 8.56. The van der Waals surface area contributed by atoms with Crippen LogP contribution < -0.4 is 0 Å². The van der Waals surface area contributed by atoms with E-state index in [1.54, 1.807) is 23.9 Å². The maximum atomic E-state index is 13.0. The molecule has 2 atom stereocenters. The molecule has 1 amide bonds. The number of halogens is 1. The Kier molecular flexibility index (Phi) is 5.48. The van der Waals surface area contributed by atoms with Crippen molar-refractivity contribution in [3.8, 4) is 0 Å². The molecule has 1 aromatic carbocycles. The van der Waals surface area contributed by atoms with Crippen molar-refractivity contribution in [1.82, 2.24) is 14.7 Å². The third-order valence-electron chi connectivity index (χ3n) is 4.87. The number of methoxy groups -OCH3 is 1. The number of ether oxygens (including phenoxy) is 1. The van der Waals surface area contributed by atoms with Crippen LogP contribution in [0.4, 0.5) is 4.39 Å². The molecule has 0 aliphatic carbocycles. The van der Waals surface area contributed by atoms with Crippen molar-refractivity contribution in [2.45, 2.75) is 18.8 Å². The van der Waals surface area contributed by atoms with E-state index in [2.05, 4.69) is 5.10 Å². The van der Waals surface area contributed by atoms with Gasteiger partial charge in [0.25, 0.3) is 0 Å². The second-order valence-corrected chi connectivity index (χ2v) is 6.69. The predicted octanol–water partition coefficient (Wildman–Crippen LogP) is 2.38. The molecule has 2 heterocycles. The molecule has 1 aliphatic rings. The Morgan fingerprint density at radius 2 is 2.08 bits per heavy atom. The first kappa shape index (κ1) is 17.6. The van der Waals surface area contributed by atoms with Gasteiger partial charge in [-0.1, -0.05) is 12.1 Å². The number of hydrogen-bond donors (Lipinski definition) is 0. The van der Waals surface area contributed by atoms with Crippen LogP contribution in [0, 0.1) is 11.7 Å². The molecule has 134 valence electrons. The molecule has 25 heavy (non-hydrogen) atoms. The number of aryl methyl sites for hydroxylation is 2. The maximum Gasteiger partial charge on any atom is 0.222 e. The Morgan fingerprint density at radius 3 is 2.72 bits per heavy atom. The van der Waals surface area contributed by atoms with Crippen molar-refractivity contribution in [2.24, 2.45) is 13.0 Å². The molecule has 1 saturated heterocycles. The van der Waals surface area contributed by atoms with Crippen LogP contribution in [-0.4, -0.2) is 47.4 Å². The Morgan fingerprint density at radius 1 is 1.32 bits per heavy atom. The van der Waals surface area contributed by atoms with Gasteiger partial charge in [0.05, 0.1) is 12.8 Å². The van der Waals surface area contributed by atoms with Gasteiger partial charge >= 0.3 is 0 Å². The van der Waals surface area contributed by atoms with Gasteiger partial charge in [0.1, 0.15) is 5.82 Å². The van der Waals surface area contributed by atoms with Gasteiger partial charge in [0.2, 0.25) is 5.91 Å². The summed E-state index contributed by atoms with van der Waals surface area (Å²) >= 11 is 0. The number of aromatic nitrogens is 2. The van der Waals surface area contributed by atoms with Crippen LogP contribution in [0.25, 0.3) is 0 Å². The summed E-state index contributed by atoms with van der Waals surface area (Å²) < 4.78 is 20.1. The number of nitrogens with zero attached hydrogens (tertiary/aromatic N) is 3. The molecule has 0 radical (unpaired) electrons. The number of amides is 1. The van der Waals surface area contributed by atoms with Crippen LogP contribution in [0.5, 0.6) is 0 Å². The van der Waals surface area contributed by atoms with Gasteiger partial charge < -0.3 is 9.64 Å². The second-order valence-electron chi connectivity index (χ2n) is 6.69. The largest absolute Gasteiger partial charge is 0.384 e. The van der Waals surface area contributed by atoms with E-state index in [1.807, 2.05) is 24.3 Å². The first-order valence-corrected chi connectivity index (χ1v) is 8.56. The summed E-state index contributed by atoms with van der Waals surface area (Å²) in [7, 11) is 3.59. The predicted molar refractivity (Wildman–Crippen MR) is 92.6 cm³/mol. The van der Waals surface area contributed by atoms with Gasteiger partial charge in [-0.05, 0) is 29.7 Å². The average Bonchev–Trinajstić information content (AvgIpc) is 3.21. The fourth-order valence-corrected chi connectivity index (χ4v) is 3.53. The summed E-state index contributed by atoms with van der Waals surface area (Å²) in [5, 5.41) is 4.25. The fraction of sp³-hybridized carbons (Fsp3) is 0.474. The summed E-state index contributed by atoms with van der Waals surface area (Å²) in [6, 6.07) is 6.34. The molecule has 1 aliphatic heterocycles. The lowest BCUT2D eigenvalue weighted by atomic mass is 9.92. The van der Waals surface area contributed by atoms with Crippen LogP contribution in [-0.2, 0) is 23.0 Å². The third-order valence-corrected chi connectivity index (χ3v) is 4.87. The fourth-order valence-electron chi connectivity index (χ4n) is 3.53. The van der Waals surface area contributed by atoms with Crippen molar-refractivity contribution in [1.29, 1.82) is 0 Å². The van der Waals surface area contributed by atoms with Crippen molar-refractivity contribution in [3.05, 3.63) is 53.6 Å². The number of carbonyl (C=O) groups is 1. The highest BCUT2D eigenvalue weighted by molar-refractivity contribution is 5.77. The summed E-state index contributed by atoms with van der Waals surface area (Å²) in [5.41, 5.74) is 2.13. The van der Waals surface area contributed by atoms with E-state index >= 15 is 0 Å². The molecule has 5 nitrogen and oxygen atoms in total. The van der Waals surface area contributed by atoms with Gasteiger partial charge in [-0.3, -0.25) is 9.48 Å². The van der Waals surface area contributed by atoms with Gasteiger partial charge in [-0.2, -0.15) is 5.10 Å². The highest BCUT2D eigenvalue weighted by Crippen LogP contribution is 2.33. The minimum absolute atomic E-state index is 0.136. The average molecular weight is 345 g/mol. The Labute approximate surface area is 147 Å². The summed E-state index contributed by atoms with van der Waals surface area (Å²) in [6.07, 6.45) is 4.95. The van der Waals surface area contributed by atoms with E-state index in [-0.39, 0.29) is 23.6 Å². The Bertz CT molecular complexity index is 714. The zero-order chi connectivity index (χ0) is 17.8. The van der Waals surface area contributed by atoms with E-state index in [4.69, 9.17) is 4.74 Å². The molecular formula is C19H24FN3O2. The van der Waals surface area contributed by atoms with Crippen molar-refractivity contribution in [2.75, 3.05) is 26.8 Å². The number of hydrogen-bond acceptors (Lipinski definition) is 3. The first-order chi connectivity index (χ1) is 12.1. The van der Waals surface area contributed by atoms with Crippen LogP contribution in [0.2, 0.25) is 0 Å². The molecule has 2 aromatic rings. The lowest BCUT2D eigenvalue weighted by Crippen LogP contribution is -2.29. The van der Waals surface area contributed by atoms with Crippen LogP contribution in [0.15, 0.2) is 36.7 Å². The molecule has 0 saturated carbocycles. The lowest BCUT2D eigenvalue weighted by molar-refractivity contribution is -0.130. The molecule has 0 bridgehead atoms. The number of benzene rings is 1. The molecule has 1 aromatic heterocycles. The zero-order valence-corrected chi connectivity index (χ0v) is 14.7. The minimum atomic E-state index is -0.253. The Balaban J connectivity index is 1.61. The van der Waals surface area contributed by atoms with Crippen LogP contribution in [0.3, 0.4) is 0 Å². The van der Waals surface area contributed by atoms with E-state index in [1.165, 1.54) is 12.1 Å². The van der Waals surface area contributed by atoms with Crippen molar-refractivity contribution in [3.63, 3.8) is 0 Å². The lowest BCUT2D eigenvalue weighted by Gasteiger charge is -2.16. The van der Waals surface area contributed by atoms with Crippen molar-refractivity contribution < 1.29 is 13.9 Å². The quantitative estimate of drug-likeness (QED) is 0.808. The minimum Gasteiger partial charge on any atom is -0.384 e. The zero-order valence-electron chi connectivity index (χ0n) is 14.7. The maximum absolute atomic E-state index is 13.0. The number of rotatable bonds is 6. The van der Waals surface area contributed by atoms with Gasteiger partial charge in [-0.25, -0.2) is 4.39 Å². The third kappa shape index (κ3) is 4.25. The molecule has 0 spiro atoms. The summed E-state index contributed by atoms with van der Waals surface area (Å²) in [5.74, 6) is 0.417. The van der Waals surface area contributed by atoms with E-state index < -0.39 is 0 Å². The van der Waals surface area contributed by atoms with E-state index in [0.29, 0.717) is 32.5 Å². The molecule has 3 rings (SSSR count). The normalized spacial score (nSPS) is 20.2. The highest BCUT2D eigenvalue weighted by Gasteiger charge is 2.36. The summed E-state index contributed by atoms with van der Waals surface area (Å²) in [4.78, 5) is 14.5. The van der Waals surface area contributed by atoms with E-state index in [0.717, 1.165) is 11.1 Å². The smallest absolute Gasteiger partial charge is 0.222 e. The standard InChI is InChI=1S/C19H24FN3O2/c1-22-10-15(9-21-22)18-12-23(11-16(18)13-25-2)19(24)8-5-14-3-6-17(20)7-4-14/h3-4,6-7,9-10,16,18H,5,8,11-13H2,1-2H3/t16-,18-/m0/s1. The second kappa shape index (κ2) is 7.78. The van der Waals surface area contributed by atoms with Gasteiger partial charge in [0, 0.05) is 51.7 Å². The number of likely N-dealkylation sites (tertiary alicyclic amines) is 1. The SMILES string of the molecule is COC[C@@H]1CN(C(=O)CCc2ccc(F)cc2)C[C@H]1c1cnn(C)c1. The molecule has 0 unspecified atom stereocenters. The van der Waals surface area contributed by atoms with Crippen molar-refractivity contribution >= 4 is 5.91 Å². The molecular weight excluding hydrogens is 321 g/mol.